The Morgan fingerprint density at radius 3 is 2.86 bits per heavy atom. The largest absolute Gasteiger partial charge is 0.461 e. The molecule has 0 spiro atoms. The molecule has 1 aliphatic rings. The van der Waals surface area contributed by atoms with Crippen molar-refractivity contribution in [3.05, 3.63) is 46.9 Å². The lowest BCUT2D eigenvalue weighted by molar-refractivity contribution is -0.139. The summed E-state index contributed by atoms with van der Waals surface area (Å²) < 4.78 is 19.0. The number of esters is 1. The number of benzene rings is 1. The number of nitriles is 1. The van der Waals surface area contributed by atoms with Crippen molar-refractivity contribution in [2.45, 2.75) is 19.4 Å². The van der Waals surface area contributed by atoms with Crippen molar-refractivity contribution in [1.82, 2.24) is 10.6 Å². The molecule has 0 fully saturated rings. The molecule has 1 aromatic rings. The zero-order valence-corrected chi connectivity index (χ0v) is 11.9. The maximum atomic E-state index is 14.0. The number of rotatable bonds is 4. The normalized spacial score (nSPS) is 17.3. The molecule has 1 heterocycles. The molecule has 0 saturated heterocycles. The minimum Gasteiger partial charge on any atom is -0.461 e. The number of hydrogen-bond acceptors (Lipinski definition) is 4. The Morgan fingerprint density at radius 2 is 2.18 bits per heavy atom. The third-order valence-corrected chi connectivity index (χ3v) is 3.15. The number of nitrogens with zero attached hydrogens (tertiary/aromatic N) is 1. The van der Waals surface area contributed by atoms with Crippen molar-refractivity contribution in [2.24, 2.45) is 0 Å². The van der Waals surface area contributed by atoms with Crippen LogP contribution in [0.5, 0.6) is 0 Å². The highest BCUT2D eigenvalue weighted by atomic mass is 19.1. The number of carbonyl (C=O) groups is 2. The van der Waals surface area contributed by atoms with E-state index in [2.05, 4.69) is 10.6 Å². The van der Waals surface area contributed by atoms with Crippen LogP contribution in [-0.2, 0) is 9.53 Å². The van der Waals surface area contributed by atoms with Crippen molar-refractivity contribution in [3.8, 4) is 6.07 Å². The van der Waals surface area contributed by atoms with E-state index in [9.17, 15) is 14.0 Å². The van der Waals surface area contributed by atoms with Crippen LogP contribution < -0.4 is 10.6 Å². The molecule has 0 bridgehead atoms. The smallest absolute Gasteiger partial charge is 0.338 e. The Hall–Kier alpha value is -2.88. The third-order valence-electron chi connectivity index (χ3n) is 3.15. The second kappa shape index (κ2) is 6.72. The van der Waals surface area contributed by atoms with Gasteiger partial charge in [-0.1, -0.05) is 18.2 Å². The van der Waals surface area contributed by atoms with Gasteiger partial charge in [-0.3, -0.25) is 0 Å². The number of halogens is 1. The van der Waals surface area contributed by atoms with Crippen molar-refractivity contribution in [1.29, 1.82) is 5.26 Å². The highest BCUT2D eigenvalue weighted by molar-refractivity contribution is 5.95. The molecule has 7 heteroatoms. The SMILES string of the molecule is CC1=C(C(=O)OCCC#N)[C@H](c2ccccc2F)NC(=O)N1. The molecule has 1 atom stereocenters. The quantitative estimate of drug-likeness (QED) is 0.656. The van der Waals surface area contributed by atoms with Crippen LogP contribution in [-0.4, -0.2) is 18.6 Å². The minimum atomic E-state index is -0.940. The van der Waals surface area contributed by atoms with E-state index < -0.39 is 23.9 Å². The van der Waals surface area contributed by atoms with E-state index in [0.717, 1.165) is 0 Å². The summed E-state index contributed by atoms with van der Waals surface area (Å²) in [5, 5.41) is 13.4. The van der Waals surface area contributed by atoms with Crippen molar-refractivity contribution in [3.63, 3.8) is 0 Å². The Bertz CT molecular complexity index is 679. The van der Waals surface area contributed by atoms with E-state index in [0.29, 0.717) is 5.70 Å². The van der Waals surface area contributed by atoms with Gasteiger partial charge in [0.25, 0.3) is 0 Å². The first-order valence-electron chi connectivity index (χ1n) is 6.61. The van der Waals surface area contributed by atoms with Crippen LogP contribution in [0.4, 0.5) is 9.18 Å². The van der Waals surface area contributed by atoms with Crippen LogP contribution in [0.3, 0.4) is 0 Å². The Kier molecular flexibility index (Phi) is 4.73. The first kappa shape index (κ1) is 15.5. The first-order valence-corrected chi connectivity index (χ1v) is 6.61. The van der Waals surface area contributed by atoms with Gasteiger partial charge in [0.05, 0.1) is 24.1 Å². The molecule has 2 N–H and O–H groups in total. The van der Waals surface area contributed by atoms with Crippen molar-refractivity contribution in [2.75, 3.05) is 6.61 Å². The van der Waals surface area contributed by atoms with Gasteiger partial charge in [0, 0.05) is 11.3 Å². The molecule has 0 aliphatic carbocycles. The highest BCUT2D eigenvalue weighted by Gasteiger charge is 2.33. The fourth-order valence-electron chi connectivity index (χ4n) is 2.17. The maximum Gasteiger partial charge on any atom is 0.338 e. The number of ether oxygens (including phenoxy) is 1. The number of hydrogen-bond donors (Lipinski definition) is 2. The molecule has 1 aromatic carbocycles. The fourth-order valence-corrected chi connectivity index (χ4v) is 2.17. The molecule has 1 aliphatic heterocycles. The molecule has 0 unspecified atom stereocenters. The molecule has 2 rings (SSSR count). The van der Waals surface area contributed by atoms with Gasteiger partial charge >= 0.3 is 12.0 Å². The highest BCUT2D eigenvalue weighted by Crippen LogP contribution is 2.29. The fraction of sp³-hybridized carbons (Fsp3) is 0.267. The van der Waals surface area contributed by atoms with Crippen molar-refractivity contribution < 1.29 is 18.7 Å². The van der Waals surface area contributed by atoms with Crippen molar-refractivity contribution >= 4 is 12.0 Å². The average Bonchev–Trinajstić information content (AvgIpc) is 2.47. The van der Waals surface area contributed by atoms with Crippen LogP contribution in [0.15, 0.2) is 35.5 Å². The monoisotopic (exact) mass is 303 g/mol. The number of allylic oxidation sites excluding steroid dienone is 1. The second-order valence-corrected chi connectivity index (χ2v) is 4.64. The predicted octanol–water partition coefficient (Wildman–Crippen LogP) is 1.91. The molecule has 0 aromatic heterocycles. The van der Waals surface area contributed by atoms with Crippen LogP contribution >= 0.6 is 0 Å². The minimum absolute atomic E-state index is 0.0578. The zero-order valence-electron chi connectivity index (χ0n) is 11.9. The molecule has 114 valence electrons. The molecule has 0 saturated carbocycles. The van der Waals surface area contributed by atoms with E-state index in [1.165, 1.54) is 25.1 Å². The zero-order chi connectivity index (χ0) is 16.1. The van der Waals surface area contributed by atoms with E-state index in [4.69, 9.17) is 10.00 Å². The number of urea groups is 1. The number of nitrogens with one attached hydrogen (secondary N) is 2. The van der Waals surface area contributed by atoms with Gasteiger partial charge in [-0.15, -0.1) is 0 Å². The van der Waals surface area contributed by atoms with Crippen LogP contribution in [0.1, 0.15) is 24.9 Å². The maximum absolute atomic E-state index is 14.0. The van der Waals surface area contributed by atoms with Gasteiger partial charge in [0.1, 0.15) is 12.4 Å². The van der Waals surface area contributed by atoms with Gasteiger partial charge in [-0.2, -0.15) is 5.26 Å². The van der Waals surface area contributed by atoms with E-state index >= 15 is 0 Å². The molecule has 0 radical (unpaired) electrons. The molecular weight excluding hydrogens is 289 g/mol. The Balaban J connectivity index is 2.36. The van der Waals surface area contributed by atoms with Crippen LogP contribution in [0.2, 0.25) is 0 Å². The lowest BCUT2D eigenvalue weighted by Crippen LogP contribution is -2.45. The van der Waals surface area contributed by atoms with E-state index in [1.54, 1.807) is 6.07 Å². The van der Waals surface area contributed by atoms with E-state index in [1.807, 2.05) is 6.07 Å². The van der Waals surface area contributed by atoms with Crippen LogP contribution in [0, 0.1) is 17.1 Å². The molecule has 2 amide bonds. The summed E-state index contributed by atoms with van der Waals surface area (Å²) in [5.74, 6) is -1.24. The Morgan fingerprint density at radius 1 is 1.45 bits per heavy atom. The van der Waals surface area contributed by atoms with E-state index in [-0.39, 0.29) is 24.2 Å². The average molecular weight is 303 g/mol. The third kappa shape index (κ3) is 3.23. The number of amides is 2. The Labute approximate surface area is 126 Å². The van der Waals surface area contributed by atoms with Gasteiger partial charge < -0.3 is 15.4 Å². The number of carbonyl (C=O) groups excluding carboxylic acids is 2. The van der Waals surface area contributed by atoms with Gasteiger partial charge in [0.2, 0.25) is 0 Å². The topological polar surface area (TPSA) is 91.2 Å². The summed E-state index contributed by atoms with van der Waals surface area (Å²) in [4.78, 5) is 23.8. The summed E-state index contributed by atoms with van der Waals surface area (Å²) in [7, 11) is 0. The predicted molar refractivity (Wildman–Crippen MR) is 74.7 cm³/mol. The molecular formula is C15H14FN3O3. The molecule has 6 nitrogen and oxygen atoms in total. The van der Waals surface area contributed by atoms with Gasteiger partial charge in [-0.25, -0.2) is 14.0 Å². The van der Waals surface area contributed by atoms with Gasteiger partial charge in [-0.05, 0) is 13.0 Å². The summed E-state index contributed by atoms with van der Waals surface area (Å²) in [5.41, 5.74) is 0.575. The molecule has 22 heavy (non-hydrogen) atoms. The standard InChI is InChI=1S/C15H14FN3O3/c1-9-12(14(20)22-8-4-7-17)13(19-15(21)18-9)10-5-2-3-6-11(10)16/h2-3,5-6,13H,4,8H2,1H3,(H2,18,19,21)/t13-/m0/s1. The lowest BCUT2D eigenvalue weighted by atomic mass is 9.95. The first-order chi connectivity index (χ1) is 10.5. The summed E-state index contributed by atoms with van der Waals surface area (Å²) in [6.45, 7) is 1.47. The van der Waals surface area contributed by atoms with Crippen LogP contribution in [0.25, 0.3) is 0 Å². The summed E-state index contributed by atoms with van der Waals surface area (Å²) in [6, 6.07) is 6.25. The lowest BCUT2D eigenvalue weighted by Gasteiger charge is -2.28. The summed E-state index contributed by atoms with van der Waals surface area (Å²) in [6.07, 6.45) is 0.0578. The summed E-state index contributed by atoms with van der Waals surface area (Å²) >= 11 is 0. The second-order valence-electron chi connectivity index (χ2n) is 4.64. The van der Waals surface area contributed by atoms with Gasteiger partial charge in [0.15, 0.2) is 0 Å².